The zero-order chi connectivity index (χ0) is 13.3. The average molecular weight is 274 g/mol. The lowest BCUT2D eigenvalue weighted by Gasteiger charge is -2.18. The van der Waals surface area contributed by atoms with E-state index in [1.54, 1.807) is 7.05 Å². The van der Waals surface area contributed by atoms with Crippen molar-refractivity contribution in [2.24, 2.45) is 5.73 Å². The summed E-state index contributed by atoms with van der Waals surface area (Å²) in [6.45, 7) is 1.57. The molecule has 0 spiro atoms. The first kappa shape index (κ1) is 13.2. The monoisotopic (exact) mass is 274 g/mol. The fourth-order valence-corrected chi connectivity index (χ4v) is 2.64. The van der Waals surface area contributed by atoms with Crippen LogP contribution in [0, 0.1) is 0 Å². The van der Waals surface area contributed by atoms with E-state index >= 15 is 0 Å². The molecule has 2 N–H and O–H groups in total. The van der Waals surface area contributed by atoms with E-state index in [9.17, 15) is 8.78 Å². The molecule has 0 bridgehead atoms. The van der Waals surface area contributed by atoms with Crippen LogP contribution in [0.1, 0.15) is 12.6 Å². The van der Waals surface area contributed by atoms with E-state index in [2.05, 4.69) is 4.98 Å². The van der Waals surface area contributed by atoms with Crippen LogP contribution < -0.4 is 10.6 Å². The third-order valence-corrected chi connectivity index (χ3v) is 3.39. The van der Waals surface area contributed by atoms with E-state index in [0.29, 0.717) is 12.2 Å². The van der Waals surface area contributed by atoms with Crippen molar-refractivity contribution >= 4 is 22.1 Å². The van der Waals surface area contributed by atoms with Gasteiger partial charge in [0.25, 0.3) is 6.43 Å². The number of hydrogen-bond donors (Lipinski definition) is 1. The predicted molar refractivity (Wildman–Crippen MR) is 69.7 cm³/mol. The Kier molecular flexibility index (Phi) is 3.82. The number of rotatable bonds is 5. The highest BCUT2D eigenvalue weighted by molar-refractivity contribution is 7.15. The first-order chi connectivity index (χ1) is 8.49. The molecule has 100 valence electrons. The molecule has 2 heterocycles. The second-order valence-electron chi connectivity index (χ2n) is 4.39. The van der Waals surface area contributed by atoms with Gasteiger partial charge >= 0.3 is 0 Å². The van der Waals surface area contributed by atoms with Gasteiger partial charge in [-0.3, -0.25) is 4.40 Å². The summed E-state index contributed by atoms with van der Waals surface area (Å²) in [6, 6.07) is -0.0384. The fraction of sp³-hybridized carbons (Fsp3) is 0.545. The molecule has 0 fully saturated rings. The molecule has 4 nitrogen and oxygen atoms in total. The summed E-state index contributed by atoms with van der Waals surface area (Å²) in [6.07, 6.45) is 0.128. The zero-order valence-corrected chi connectivity index (χ0v) is 11.1. The summed E-state index contributed by atoms with van der Waals surface area (Å²) in [4.78, 5) is 6.69. The van der Waals surface area contributed by atoms with Crippen molar-refractivity contribution in [1.82, 2.24) is 9.38 Å². The standard InChI is InChI=1S/C11H16F2N4S/c1-7(14)5-8-10(16(2)6-9(12)13)15-11-17(8)3-4-18-11/h3-4,7,9H,5-6,14H2,1-2H3. The molecule has 2 rings (SSSR count). The number of anilines is 1. The molecule has 0 saturated carbocycles. The molecule has 0 radical (unpaired) electrons. The van der Waals surface area contributed by atoms with Crippen LogP contribution in [0.25, 0.3) is 4.96 Å². The van der Waals surface area contributed by atoms with Crippen LogP contribution in [-0.4, -0.2) is 35.4 Å². The number of aromatic nitrogens is 2. The van der Waals surface area contributed by atoms with Gasteiger partial charge in [-0.1, -0.05) is 0 Å². The highest BCUT2D eigenvalue weighted by Gasteiger charge is 2.19. The molecular weight excluding hydrogens is 258 g/mol. The normalized spacial score (nSPS) is 13.4. The number of nitrogens with zero attached hydrogens (tertiary/aromatic N) is 3. The summed E-state index contributed by atoms with van der Waals surface area (Å²) in [7, 11) is 1.63. The molecular formula is C11H16F2N4S. The quantitative estimate of drug-likeness (QED) is 0.907. The Hall–Kier alpha value is -1.21. The van der Waals surface area contributed by atoms with E-state index in [4.69, 9.17) is 5.73 Å². The maximum Gasteiger partial charge on any atom is 0.255 e. The molecule has 0 aliphatic rings. The first-order valence-electron chi connectivity index (χ1n) is 5.68. The molecule has 2 aromatic heterocycles. The van der Waals surface area contributed by atoms with E-state index in [-0.39, 0.29) is 12.6 Å². The minimum absolute atomic E-state index is 0.0384. The summed E-state index contributed by atoms with van der Waals surface area (Å²) in [5, 5.41) is 1.92. The lowest BCUT2D eigenvalue weighted by molar-refractivity contribution is 0.156. The Labute approximate surface area is 108 Å². The molecule has 0 saturated heterocycles. The average Bonchev–Trinajstić information content (AvgIpc) is 2.79. The highest BCUT2D eigenvalue weighted by Crippen LogP contribution is 2.25. The Balaban J connectivity index is 2.38. The SMILES string of the molecule is CC(N)Cc1c(N(C)CC(F)F)nc2sccn12. The molecule has 0 amide bonds. The largest absolute Gasteiger partial charge is 0.352 e. The summed E-state index contributed by atoms with van der Waals surface area (Å²) >= 11 is 1.48. The van der Waals surface area contributed by atoms with E-state index in [1.807, 2.05) is 22.9 Å². The van der Waals surface area contributed by atoms with Crippen molar-refractivity contribution in [1.29, 1.82) is 0 Å². The Bertz CT molecular complexity index is 520. The lowest BCUT2D eigenvalue weighted by atomic mass is 10.2. The number of nitrogens with two attached hydrogens (primary N) is 1. The van der Waals surface area contributed by atoms with Crippen LogP contribution in [-0.2, 0) is 6.42 Å². The second kappa shape index (κ2) is 5.19. The number of hydrogen-bond acceptors (Lipinski definition) is 4. The van der Waals surface area contributed by atoms with Crippen molar-refractivity contribution in [3.05, 3.63) is 17.3 Å². The predicted octanol–water partition coefficient (Wildman–Crippen LogP) is 1.99. The number of halogens is 2. The van der Waals surface area contributed by atoms with E-state index in [1.165, 1.54) is 16.2 Å². The van der Waals surface area contributed by atoms with Crippen LogP contribution in [0.5, 0.6) is 0 Å². The van der Waals surface area contributed by atoms with Gasteiger partial charge in [0.15, 0.2) is 10.8 Å². The zero-order valence-electron chi connectivity index (χ0n) is 10.3. The molecule has 18 heavy (non-hydrogen) atoms. The van der Waals surface area contributed by atoms with Crippen LogP contribution in [0.2, 0.25) is 0 Å². The molecule has 7 heteroatoms. The van der Waals surface area contributed by atoms with Crippen molar-refractivity contribution in [3.8, 4) is 0 Å². The first-order valence-corrected chi connectivity index (χ1v) is 6.56. The van der Waals surface area contributed by atoms with Gasteiger partial charge in [0.1, 0.15) is 0 Å². The lowest BCUT2D eigenvalue weighted by Crippen LogP contribution is -2.27. The fourth-order valence-electron chi connectivity index (χ4n) is 1.91. The maximum atomic E-state index is 12.4. The van der Waals surface area contributed by atoms with Crippen LogP contribution in [0.4, 0.5) is 14.6 Å². The van der Waals surface area contributed by atoms with E-state index in [0.717, 1.165) is 10.7 Å². The van der Waals surface area contributed by atoms with Crippen molar-refractivity contribution in [2.75, 3.05) is 18.5 Å². The van der Waals surface area contributed by atoms with Gasteiger partial charge in [-0.2, -0.15) is 0 Å². The van der Waals surface area contributed by atoms with Gasteiger partial charge in [0.2, 0.25) is 0 Å². The molecule has 0 aliphatic carbocycles. The van der Waals surface area contributed by atoms with Crippen molar-refractivity contribution < 1.29 is 8.78 Å². The van der Waals surface area contributed by atoms with Crippen molar-refractivity contribution in [3.63, 3.8) is 0 Å². The third-order valence-electron chi connectivity index (χ3n) is 2.63. The van der Waals surface area contributed by atoms with Gasteiger partial charge in [-0.15, -0.1) is 11.3 Å². The number of thiazole rings is 1. The third kappa shape index (κ3) is 2.62. The Morgan fingerprint density at radius 3 is 2.89 bits per heavy atom. The van der Waals surface area contributed by atoms with Gasteiger partial charge in [0, 0.05) is 31.1 Å². The van der Waals surface area contributed by atoms with Crippen LogP contribution in [0.15, 0.2) is 11.6 Å². The highest BCUT2D eigenvalue weighted by atomic mass is 32.1. The van der Waals surface area contributed by atoms with Gasteiger partial charge in [-0.05, 0) is 6.92 Å². The van der Waals surface area contributed by atoms with Gasteiger partial charge in [-0.25, -0.2) is 13.8 Å². The van der Waals surface area contributed by atoms with Crippen LogP contribution >= 0.6 is 11.3 Å². The second-order valence-corrected chi connectivity index (χ2v) is 5.26. The number of alkyl halides is 2. The minimum atomic E-state index is -2.38. The molecule has 0 aromatic carbocycles. The van der Waals surface area contributed by atoms with E-state index < -0.39 is 6.43 Å². The maximum absolute atomic E-state index is 12.4. The molecule has 1 unspecified atom stereocenters. The smallest absolute Gasteiger partial charge is 0.255 e. The van der Waals surface area contributed by atoms with Crippen molar-refractivity contribution in [2.45, 2.75) is 25.8 Å². The summed E-state index contributed by atoms with van der Waals surface area (Å²) < 4.78 is 26.8. The minimum Gasteiger partial charge on any atom is -0.352 e. The summed E-state index contributed by atoms with van der Waals surface area (Å²) in [5.41, 5.74) is 6.70. The topological polar surface area (TPSA) is 46.6 Å². The Morgan fingerprint density at radius 2 is 2.28 bits per heavy atom. The molecule has 2 aromatic rings. The van der Waals surface area contributed by atoms with Gasteiger partial charge < -0.3 is 10.6 Å². The molecule has 1 atom stereocenters. The van der Waals surface area contributed by atoms with Gasteiger partial charge in [0.05, 0.1) is 12.2 Å². The number of fused-ring (bicyclic) bond motifs is 1. The number of imidazole rings is 1. The Morgan fingerprint density at radius 1 is 1.56 bits per heavy atom. The molecule has 0 aliphatic heterocycles. The van der Waals surface area contributed by atoms with Crippen LogP contribution in [0.3, 0.4) is 0 Å². The summed E-state index contributed by atoms with van der Waals surface area (Å²) in [5.74, 6) is 0.597.